The monoisotopic (exact) mass is 318 g/mol. The quantitative estimate of drug-likeness (QED) is 0.503. The number of aliphatic imine (C=N–C) groups is 1. The molecule has 3 rings (SSSR count). The molecular weight excluding hydrogens is 299 g/mol. The second-order valence-electron chi connectivity index (χ2n) is 5.11. The number of hydrogen-bond acceptors (Lipinski definition) is 2. The Bertz CT molecular complexity index is 688. The van der Waals surface area contributed by atoms with Gasteiger partial charge in [0.05, 0.1) is 5.69 Å². The zero-order valence-corrected chi connectivity index (χ0v) is 13.8. The Balaban J connectivity index is 1.71. The van der Waals surface area contributed by atoms with E-state index in [0.29, 0.717) is 0 Å². The van der Waals surface area contributed by atoms with Gasteiger partial charge < -0.3 is 0 Å². The molecule has 23 heavy (non-hydrogen) atoms. The van der Waals surface area contributed by atoms with Crippen molar-refractivity contribution in [3.05, 3.63) is 90.8 Å². The maximum Gasteiger partial charge on any atom is 0.0807 e. The Kier molecular flexibility index (Phi) is 5.66. The minimum absolute atomic E-state index is 0.366. The van der Waals surface area contributed by atoms with Gasteiger partial charge in [0.2, 0.25) is 0 Å². The second kappa shape index (κ2) is 8.36. The molecule has 0 N–H and O–H groups in total. The van der Waals surface area contributed by atoms with Crippen LogP contribution in [0.25, 0.3) is 0 Å². The molecule has 0 aliphatic rings. The van der Waals surface area contributed by atoms with Crippen molar-refractivity contribution in [1.29, 1.82) is 0 Å². The third-order valence-electron chi connectivity index (χ3n) is 3.50. The molecule has 114 valence electrons. The summed E-state index contributed by atoms with van der Waals surface area (Å²) in [5, 5.41) is 2.81. The number of pyridine rings is 1. The smallest absolute Gasteiger partial charge is 0.0807 e. The van der Waals surface area contributed by atoms with E-state index in [1.807, 2.05) is 24.4 Å². The summed E-state index contributed by atoms with van der Waals surface area (Å²) in [4.78, 5) is 8.83. The Labute approximate surface area is 138 Å². The molecule has 0 saturated carbocycles. The predicted molar refractivity (Wildman–Crippen MR) is 101 cm³/mol. The van der Waals surface area contributed by atoms with Crippen LogP contribution in [0.15, 0.2) is 90.1 Å². The van der Waals surface area contributed by atoms with Crippen molar-refractivity contribution in [1.82, 2.24) is 4.98 Å². The molecular formula is C20H19N2P. The first-order chi connectivity index (χ1) is 11.4. The topological polar surface area (TPSA) is 25.2 Å². The van der Waals surface area contributed by atoms with Crippen LogP contribution in [-0.2, 0) is 0 Å². The molecule has 0 aliphatic carbocycles. The van der Waals surface area contributed by atoms with Crippen LogP contribution in [0.5, 0.6) is 0 Å². The van der Waals surface area contributed by atoms with Crippen molar-refractivity contribution in [2.75, 3.05) is 12.7 Å². The van der Waals surface area contributed by atoms with E-state index >= 15 is 0 Å². The Hall–Kier alpha value is -2.31. The fraction of sp³-hybridized carbons (Fsp3) is 0.100. The SMILES string of the molecule is C(=NCCP(c1ccccc1)c1ccccc1)c1ccccn1. The standard InChI is InChI=1S/C20H19N2P/c1-3-10-19(11-4-1)23(20-12-5-2-6-13-20)16-15-21-17-18-9-7-8-14-22-18/h1-14,17H,15-16H2. The van der Waals surface area contributed by atoms with Crippen molar-refractivity contribution in [3.63, 3.8) is 0 Å². The Morgan fingerprint density at radius 2 is 1.39 bits per heavy atom. The highest BCUT2D eigenvalue weighted by Crippen LogP contribution is 2.32. The van der Waals surface area contributed by atoms with Crippen molar-refractivity contribution in [2.24, 2.45) is 4.99 Å². The van der Waals surface area contributed by atoms with Gasteiger partial charge in [-0.25, -0.2) is 0 Å². The van der Waals surface area contributed by atoms with E-state index in [0.717, 1.165) is 18.4 Å². The van der Waals surface area contributed by atoms with E-state index < -0.39 is 0 Å². The lowest BCUT2D eigenvalue weighted by Crippen LogP contribution is -2.15. The van der Waals surface area contributed by atoms with Gasteiger partial charge in [0.25, 0.3) is 0 Å². The predicted octanol–water partition coefficient (Wildman–Crippen LogP) is 3.63. The molecule has 0 amide bonds. The van der Waals surface area contributed by atoms with Crippen LogP contribution in [0.2, 0.25) is 0 Å². The van der Waals surface area contributed by atoms with E-state index in [1.165, 1.54) is 10.6 Å². The molecule has 0 radical (unpaired) electrons. The zero-order chi connectivity index (χ0) is 15.7. The summed E-state index contributed by atoms with van der Waals surface area (Å²) in [5.74, 6) is 0. The summed E-state index contributed by atoms with van der Waals surface area (Å²) in [6.45, 7) is 0.812. The van der Waals surface area contributed by atoms with Gasteiger partial charge in [0.15, 0.2) is 0 Å². The van der Waals surface area contributed by atoms with Crippen molar-refractivity contribution >= 4 is 24.7 Å². The number of nitrogens with zero attached hydrogens (tertiary/aromatic N) is 2. The highest BCUT2D eigenvalue weighted by atomic mass is 31.1. The first-order valence-electron chi connectivity index (χ1n) is 7.72. The summed E-state index contributed by atoms with van der Waals surface area (Å²) in [7, 11) is -0.366. The van der Waals surface area contributed by atoms with Gasteiger partial charge in [0, 0.05) is 19.0 Å². The molecule has 3 aromatic rings. The second-order valence-corrected chi connectivity index (χ2v) is 7.45. The van der Waals surface area contributed by atoms with Gasteiger partial charge in [-0.05, 0) is 36.8 Å². The van der Waals surface area contributed by atoms with E-state index in [9.17, 15) is 0 Å². The highest BCUT2D eigenvalue weighted by molar-refractivity contribution is 7.73. The molecule has 1 heterocycles. The van der Waals surface area contributed by atoms with Crippen LogP contribution in [-0.4, -0.2) is 23.9 Å². The molecule has 0 saturated heterocycles. The lowest BCUT2D eigenvalue weighted by atomic mass is 10.4. The number of aromatic nitrogens is 1. The van der Waals surface area contributed by atoms with Gasteiger partial charge in [0.1, 0.15) is 0 Å². The summed E-state index contributed by atoms with van der Waals surface area (Å²) in [5.41, 5.74) is 0.913. The van der Waals surface area contributed by atoms with Crippen molar-refractivity contribution in [2.45, 2.75) is 0 Å². The van der Waals surface area contributed by atoms with Crippen molar-refractivity contribution in [3.8, 4) is 0 Å². The lowest BCUT2D eigenvalue weighted by molar-refractivity contribution is 1.14. The van der Waals surface area contributed by atoms with E-state index in [-0.39, 0.29) is 7.92 Å². The molecule has 2 aromatic carbocycles. The summed E-state index contributed by atoms with van der Waals surface area (Å²) >= 11 is 0. The summed E-state index contributed by atoms with van der Waals surface area (Å²) < 4.78 is 0. The first kappa shape index (κ1) is 15.6. The molecule has 0 bridgehead atoms. The molecule has 2 nitrogen and oxygen atoms in total. The normalized spacial score (nSPS) is 11.2. The number of benzene rings is 2. The van der Waals surface area contributed by atoms with Crippen LogP contribution < -0.4 is 10.6 Å². The maximum absolute atomic E-state index is 4.56. The fourth-order valence-electron chi connectivity index (χ4n) is 2.39. The molecule has 0 unspecified atom stereocenters. The molecule has 0 atom stereocenters. The van der Waals surface area contributed by atoms with Gasteiger partial charge in [-0.3, -0.25) is 9.98 Å². The van der Waals surface area contributed by atoms with E-state index in [4.69, 9.17) is 0 Å². The highest BCUT2D eigenvalue weighted by Gasteiger charge is 2.12. The molecule has 3 heteroatoms. The fourth-order valence-corrected chi connectivity index (χ4v) is 4.59. The zero-order valence-electron chi connectivity index (χ0n) is 12.9. The average molecular weight is 318 g/mol. The van der Waals surface area contributed by atoms with Crippen LogP contribution in [0.1, 0.15) is 5.69 Å². The average Bonchev–Trinajstić information content (AvgIpc) is 2.64. The van der Waals surface area contributed by atoms with Crippen LogP contribution in [0.4, 0.5) is 0 Å². The van der Waals surface area contributed by atoms with Crippen LogP contribution >= 0.6 is 7.92 Å². The summed E-state index contributed by atoms with van der Waals surface area (Å²) in [6, 6.07) is 27.4. The van der Waals surface area contributed by atoms with Crippen molar-refractivity contribution < 1.29 is 0 Å². The van der Waals surface area contributed by atoms with Gasteiger partial charge in [-0.2, -0.15) is 0 Å². The van der Waals surface area contributed by atoms with Gasteiger partial charge in [-0.15, -0.1) is 0 Å². The van der Waals surface area contributed by atoms with Crippen LogP contribution in [0.3, 0.4) is 0 Å². The maximum atomic E-state index is 4.56. The summed E-state index contributed by atoms with van der Waals surface area (Å²) in [6.07, 6.45) is 4.71. The third-order valence-corrected chi connectivity index (χ3v) is 5.99. The third kappa shape index (κ3) is 4.58. The molecule has 0 aliphatic heterocycles. The number of rotatable bonds is 6. The first-order valence-corrected chi connectivity index (χ1v) is 9.25. The lowest BCUT2D eigenvalue weighted by Gasteiger charge is -2.17. The molecule has 1 aromatic heterocycles. The molecule has 0 spiro atoms. The minimum Gasteiger partial charge on any atom is -0.291 e. The van der Waals surface area contributed by atoms with Gasteiger partial charge >= 0.3 is 0 Å². The molecule has 0 fully saturated rings. The van der Waals surface area contributed by atoms with Crippen LogP contribution in [0, 0.1) is 0 Å². The van der Waals surface area contributed by atoms with Gasteiger partial charge in [-0.1, -0.05) is 66.7 Å². The Morgan fingerprint density at radius 1 is 0.783 bits per heavy atom. The van der Waals surface area contributed by atoms with E-state index in [1.54, 1.807) is 6.20 Å². The van der Waals surface area contributed by atoms with E-state index in [2.05, 4.69) is 70.6 Å². The number of hydrogen-bond donors (Lipinski definition) is 0. The Morgan fingerprint density at radius 3 is 1.96 bits per heavy atom. The minimum atomic E-state index is -0.366. The largest absolute Gasteiger partial charge is 0.291 e.